The van der Waals surface area contributed by atoms with Gasteiger partial charge in [-0.15, -0.1) is 0 Å². The van der Waals surface area contributed by atoms with E-state index in [-0.39, 0.29) is 50.3 Å². The van der Waals surface area contributed by atoms with Crippen molar-refractivity contribution in [3.63, 3.8) is 0 Å². The lowest BCUT2D eigenvalue weighted by atomic mass is 10.0. The van der Waals surface area contributed by atoms with Crippen LogP contribution >= 0.6 is 0 Å². The van der Waals surface area contributed by atoms with E-state index in [9.17, 15) is 46.0 Å². The molecule has 6 aromatic rings. The summed E-state index contributed by atoms with van der Waals surface area (Å²) >= 11 is 0. The Morgan fingerprint density at radius 2 is 1.04 bits per heavy atom. The fraction of sp³-hybridized carbons (Fsp3) is 0.0625. The first kappa shape index (κ1) is 31.5. The van der Waals surface area contributed by atoms with Gasteiger partial charge >= 0.3 is 18.0 Å². The third-order valence-electron chi connectivity index (χ3n) is 6.71. The van der Waals surface area contributed by atoms with Gasteiger partial charge in [-0.3, -0.25) is 19.7 Å². The van der Waals surface area contributed by atoms with Gasteiger partial charge in [-0.2, -0.15) is 26.3 Å². The zero-order chi connectivity index (χ0) is 33.4. The van der Waals surface area contributed by atoms with Gasteiger partial charge in [-0.05, 0) is 30.3 Å². The zero-order valence-electron chi connectivity index (χ0n) is 23.0. The average Bonchev–Trinajstić information content (AvgIpc) is 3.00. The van der Waals surface area contributed by atoms with Crippen LogP contribution in [0.25, 0.3) is 44.6 Å². The van der Waals surface area contributed by atoms with Crippen LogP contribution in [0.15, 0.2) is 115 Å². The van der Waals surface area contributed by atoms with Crippen LogP contribution in [0.3, 0.4) is 0 Å². The van der Waals surface area contributed by atoms with E-state index >= 15 is 0 Å². The third-order valence-corrected chi connectivity index (χ3v) is 6.71. The van der Waals surface area contributed by atoms with E-state index in [1.54, 1.807) is 6.07 Å². The van der Waals surface area contributed by atoms with Gasteiger partial charge < -0.3 is 14.6 Å². The van der Waals surface area contributed by atoms with E-state index in [1.165, 1.54) is 54.6 Å². The van der Waals surface area contributed by atoms with Crippen LogP contribution in [0, 0.1) is 10.1 Å². The van der Waals surface area contributed by atoms with Crippen molar-refractivity contribution in [2.24, 2.45) is 0 Å². The monoisotopic (exact) mass is 640 g/mol. The van der Waals surface area contributed by atoms with Gasteiger partial charge in [0.05, 0.1) is 32.5 Å². The SMILES string of the molecule is Nc1cccc2c(=O)cc(-c3ccccc3C(F)(F)F)oc12.O=c1cc(-c2ccccc2C(F)(F)F)oc2c([N+](=O)[O-])cccc12. The van der Waals surface area contributed by atoms with Crippen LogP contribution in [0.1, 0.15) is 11.1 Å². The molecule has 2 heterocycles. The van der Waals surface area contributed by atoms with Crippen LogP contribution in [0.4, 0.5) is 37.7 Å². The first-order valence-electron chi connectivity index (χ1n) is 13.0. The number of non-ortho nitro benzene ring substituents is 1. The number of halogens is 6. The van der Waals surface area contributed by atoms with Crippen LogP contribution in [0.5, 0.6) is 0 Å². The van der Waals surface area contributed by atoms with E-state index in [2.05, 4.69) is 0 Å². The fourth-order valence-electron chi connectivity index (χ4n) is 4.66. The number of para-hydroxylation sites is 2. The Balaban J connectivity index is 0.000000182. The van der Waals surface area contributed by atoms with Crippen molar-refractivity contribution >= 4 is 33.3 Å². The van der Waals surface area contributed by atoms with E-state index < -0.39 is 44.9 Å². The van der Waals surface area contributed by atoms with Crippen molar-refractivity contribution in [2.75, 3.05) is 5.73 Å². The number of fused-ring (bicyclic) bond motifs is 2. The average molecular weight is 640 g/mol. The Hall–Kier alpha value is -5.92. The summed E-state index contributed by atoms with van der Waals surface area (Å²) in [4.78, 5) is 34.5. The number of nitrogens with two attached hydrogens (primary N) is 1. The largest absolute Gasteiger partial charge is 0.454 e. The predicted molar refractivity (Wildman–Crippen MR) is 157 cm³/mol. The van der Waals surface area contributed by atoms with Gasteiger partial charge in [0.2, 0.25) is 5.58 Å². The molecule has 234 valence electrons. The highest BCUT2D eigenvalue weighted by Crippen LogP contribution is 2.39. The number of nitrogens with zero attached hydrogens (tertiary/aromatic N) is 1. The molecule has 0 saturated carbocycles. The summed E-state index contributed by atoms with van der Waals surface area (Å²) in [6.07, 6.45) is -9.21. The molecule has 14 heteroatoms. The lowest BCUT2D eigenvalue weighted by molar-refractivity contribution is -0.383. The van der Waals surface area contributed by atoms with E-state index in [0.29, 0.717) is 0 Å². The number of nitrogen functional groups attached to an aromatic ring is 1. The molecule has 6 rings (SSSR count). The summed E-state index contributed by atoms with van der Waals surface area (Å²) in [6, 6.07) is 19.8. The van der Waals surface area contributed by atoms with Crippen molar-refractivity contribution in [3.8, 4) is 22.6 Å². The Labute approximate surface area is 253 Å². The topological polar surface area (TPSA) is 130 Å². The summed E-state index contributed by atoms with van der Waals surface area (Å²) in [5, 5.41) is 11.2. The molecule has 0 aliphatic heterocycles. The lowest BCUT2D eigenvalue weighted by Crippen LogP contribution is -2.08. The molecule has 4 aromatic carbocycles. The minimum absolute atomic E-state index is 0.0718. The van der Waals surface area contributed by atoms with Gasteiger partial charge in [-0.25, -0.2) is 0 Å². The fourth-order valence-corrected chi connectivity index (χ4v) is 4.66. The van der Waals surface area contributed by atoms with E-state index in [1.807, 2.05) is 0 Å². The minimum atomic E-state index is -4.66. The van der Waals surface area contributed by atoms with Crippen molar-refractivity contribution in [1.29, 1.82) is 0 Å². The maximum absolute atomic E-state index is 13.1. The first-order chi connectivity index (χ1) is 21.7. The highest BCUT2D eigenvalue weighted by Gasteiger charge is 2.35. The Morgan fingerprint density at radius 1 is 0.609 bits per heavy atom. The van der Waals surface area contributed by atoms with Gasteiger partial charge in [-0.1, -0.05) is 48.5 Å². The summed E-state index contributed by atoms with van der Waals surface area (Å²) < 4.78 is 89.4. The Morgan fingerprint density at radius 3 is 1.52 bits per heavy atom. The molecule has 0 bridgehead atoms. The number of nitro groups is 1. The number of hydrogen-bond donors (Lipinski definition) is 1. The second kappa shape index (κ2) is 11.9. The second-order valence-corrected chi connectivity index (χ2v) is 9.67. The number of rotatable bonds is 3. The molecule has 0 unspecified atom stereocenters. The Bertz CT molecular complexity index is 2240. The number of hydrogen-bond acceptors (Lipinski definition) is 7. The van der Waals surface area contributed by atoms with Crippen molar-refractivity contribution in [1.82, 2.24) is 0 Å². The van der Waals surface area contributed by atoms with Crippen molar-refractivity contribution < 1.29 is 40.1 Å². The quantitative estimate of drug-likeness (QED) is 0.0889. The molecule has 0 radical (unpaired) electrons. The van der Waals surface area contributed by atoms with Crippen LogP contribution in [0.2, 0.25) is 0 Å². The number of anilines is 1. The predicted octanol–water partition coefficient (Wildman–Crippen LogP) is 8.45. The normalized spacial score (nSPS) is 11.7. The highest BCUT2D eigenvalue weighted by molar-refractivity contribution is 5.89. The molecule has 0 amide bonds. The van der Waals surface area contributed by atoms with E-state index in [0.717, 1.165) is 36.4 Å². The molecular formula is C32H18F6N2O6. The molecule has 0 aliphatic carbocycles. The number of alkyl halides is 6. The van der Waals surface area contributed by atoms with Crippen LogP contribution in [-0.4, -0.2) is 4.92 Å². The molecule has 0 saturated heterocycles. The second-order valence-electron chi connectivity index (χ2n) is 9.67. The Kier molecular flexibility index (Phi) is 8.13. The first-order valence-corrected chi connectivity index (χ1v) is 13.0. The van der Waals surface area contributed by atoms with Gasteiger partial charge in [0, 0.05) is 29.3 Å². The maximum Gasteiger partial charge on any atom is 0.417 e. The molecule has 2 aromatic heterocycles. The third kappa shape index (κ3) is 6.18. The van der Waals surface area contributed by atoms with Crippen molar-refractivity contribution in [3.05, 3.63) is 139 Å². The van der Waals surface area contributed by atoms with Crippen LogP contribution in [-0.2, 0) is 12.4 Å². The molecule has 0 atom stereocenters. The lowest BCUT2D eigenvalue weighted by Gasteiger charge is -2.12. The molecule has 46 heavy (non-hydrogen) atoms. The van der Waals surface area contributed by atoms with Gasteiger partial charge in [0.15, 0.2) is 16.4 Å². The molecule has 0 fully saturated rings. The molecular weight excluding hydrogens is 622 g/mol. The minimum Gasteiger partial charge on any atom is -0.454 e. The molecule has 8 nitrogen and oxygen atoms in total. The maximum atomic E-state index is 13.1. The van der Waals surface area contributed by atoms with Crippen LogP contribution < -0.4 is 16.6 Å². The molecule has 0 spiro atoms. The summed E-state index contributed by atoms with van der Waals surface area (Å²) in [7, 11) is 0. The highest BCUT2D eigenvalue weighted by atomic mass is 19.4. The van der Waals surface area contributed by atoms with Crippen molar-refractivity contribution in [2.45, 2.75) is 12.4 Å². The molecule has 0 aliphatic rings. The summed E-state index contributed by atoms with van der Waals surface area (Å²) in [5.74, 6) is -0.543. The smallest absolute Gasteiger partial charge is 0.417 e. The number of benzene rings is 4. The summed E-state index contributed by atoms with van der Waals surface area (Å²) in [6.45, 7) is 0. The molecule has 2 N–H and O–H groups in total. The summed E-state index contributed by atoms with van der Waals surface area (Å²) in [5.41, 5.74) is 1.65. The number of nitro benzene ring substituents is 1. The zero-order valence-corrected chi connectivity index (χ0v) is 23.0. The van der Waals surface area contributed by atoms with Gasteiger partial charge in [0.1, 0.15) is 11.5 Å². The van der Waals surface area contributed by atoms with Gasteiger partial charge in [0.25, 0.3) is 0 Å². The standard InChI is InChI=1S/C16H8F3NO4.C16H10F3NO2/c17-16(18,19)11-6-2-1-4-9(11)14-8-13(21)10-5-3-7-12(20(22)23)15(10)24-14;17-16(18,19)11-6-2-1-4-9(11)14-8-13(21)10-5-3-7-12(20)15(10)22-14/h1-8H;1-8H,20H2. The van der Waals surface area contributed by atoms with E-state index in [4.69, 9.17) is 14.6 Å².